The Balaban J connectivity index is 2.66. The maximum atomic E-state index is 13.4. The van der Waals surface area contributed by atoms with E-state index in [0.29, 0.717) is 12.5 Å². The van der Waals surface area contributed by atoms with Crippen LogP contribution in [0.5, 0.6) is 0 Å². The highest BCUT2D eigenvalue weighted by molar-refractivity contribution is 9.09. The number of carbonyl (C=O) groups excluding carboxylic acids is 1. The molecule has 1 atom stereocenters. The van der Waals surface area contributed by atoms with Gasteiger partial charge in [0.2, 0.25) is 0 Å². The van der Waals surface area contributed by atoms with E-state index in [9.17, 15) is 13.6 Å². The maximum Gasteiger partial charge on any atom is 0.257 e. The molecule has 0 heterocycles. The average Bonchev–Trinajstić information content (AvgIpc) is 2.37. The van der Waals surface area contributed by atoms with Crippen LogP contribution in [-0.2, 0) is 0 Å². The predicted molar refractivity (Wildman–Crippen MR) is 75.5 cm³/mol. The summed E-state index contributed by atoms with van der Waals surface area (Å²) in [4.78, 5) is 11.9. The van der Waals surface area contributed by atoms with Crippen LogP contribution in [0.15, 0.2) is 18.2 Å². The van der Waals surface area contributed by atoms with Gasteiger partial charge in [-0.05, 0) is 18.1 Å². The minimum Gasteiger partial charge on any atom is -0.351 e. The molecule has 0 radical (unpaired) electrons. The zero-order valence-electron chi connectivity index (χ0n) is 11.1. The molecule has 0 aliphatic heterocycles. The molecule has 1 rings (SSSR count). The Kier molecular flexibility index (Phi) is 6.42. The van der Waals surface area contributed by atoms with Crippen LogP contribution in [0.4, 0.5) is 8.78 Å². The molecule has 0 bridgehead atoms. The Hall–Kier alpha value is -0.970. The van der Waals surface area contributed by atoms with Gasteiger partial charge in [0, 0.05) is 11.4 Å². The highest BCUT2D eigenvalue weighted by Crippen LogP contribution is 2.20. The second kappa shape index (κ2) is 7.58. The molecule has 0 aliphatic rings. The van der Waals surface area contributed by atoms with Crippen molar-refractivity contribution in [1.82, 2.24) is 5.32 Å². The Morgan fingerprint density at radius 3 is 2.26 bits per heavy atom. The molecule has 1 unspecified atom stereocenters. The van der Waals surface area contributed by atoms with Gasteiger partial charge in [-0.1, -0.05) is 48.7 Å². The van der Waals surface area contributed by atoms with Crippen molar-refractivity contribution in [3.8, 4) is 0 Å². The lowest BCUT2D eigenvalue weighted by Gasteiger charge is -2.20. The molecule has 1 amide bonds. The van der Waals surface area contributed by atoms with Crippen molar-refractivity contribution in [1.29, 1.82) is 0 Å². The van der Waals surface area contributed by atoms with Gasteiger partial charge in [-0.3, -0.25) is 4.79 Å². The normalized spacial score (nSPS) is 12.5. The van der Waals surface area contributed by atoms with Gasteiger partial charge in [0.15, 0.2) is 0 Å². The fourth-order valence-electron chi connectivity index (χ4n) is 1.96. The molecule has 0 spiro atoms. The van der Waals surface area contributed by atoms with Crippen LogP contribution in [0.3, 0.4) is 0 Å². The van der Waals surface area contributed by atoms with Crippen molar-refractivity contribution in [3.63, 3.8) is 0 Å². The van der Waals surface area contributed by atoms with Crippen LogP contribution in [0, 0.1) is 17.6 Å². The van der Waals surface area contributed by atoms with Gasteiger partial charge in [0.1, 0.15) is 17.2 Å². The van der Waals surface area contributed by atoms with Crippen molar-refractivity contribution in [2.75, 3.05) is 6.54 Å². The minimum atomic E-state index is -0.842. The number of alkyl halides is 1. The van der Waals surface area contributed by atoms with Crippen LogP contribution in [-0.4, -0.2) is 17.3 Å². The van der Waals surface area contributed by atoms with Gasteiger partial charge in [0.05, 0.1) is 0 Å². The van der Waals surface area contributed by atoms with Gasteiger partial charge < -0.3 is 5.32 Å². The number of nitrogens with one attached hydrogen (secondary N) is 1. The molecule has 106 valence electrons. The third-order valence-electron chi connectivity index (χ3n) is 3.21. The first-order chi connectivity index (χ1) is 9.01. The van der Waals surface area contributed by atoms with Crippen molar-refractivity contribution < 1.29 is 13.6 Å². The summed E-state index contributed by atoms with van der Waals surface area (Å²) in [5.74, 6) is -1.98. The average molecular weight is 334 g/mol. The first kappa shape index (κ1) is 16.1. The first-order valence-corrected chi connectivity index (χ1v) is 7.29. The van der Waals surface area contributed by atoms with Crippen molar-refractivity contribution in [3.05, 3.63) is 35.4 Å². The topological polar surface area (TPSA) is 29.1 Å². The van der Waals surface area contributed by atoms with Crippen LogP contribution in [0.25, 0.3) is 0 Å². The van der Waals surface area contributed by atoms with E-state index in [-0.39, 0.29) is 4.83 Å². The summed E-state index contributed by atoms with van der Waals surface area (Å²) in [6.45, 7) is 4.49. The summed E-state index contributed by atoms with van der Waals surface area (Å²) in [6.07, 6.45) is 1.96. The van der Waals surface area contributed by atoms with E-state index >= 15 is 0 Å². The van der Waals surface area contributed by atoms with E-state index in [1.54, 1.807) is 0 Å². The predicted octanol–water partition coefficient (Wildman–Crippen LogP) is 3.89. The van der Waals surface area contributed by atoms with Crippen molar-refractivity contribution in [2.24, 2.45) is 5.92 Å². The lowest BCUT2D eigenvalue weighted by molar-refractivity contribution is 0.0943. The van der Waals surface area contributed by atoms with Gasteiger partial charge in [0.25, 0.3) is 5.91 Å². The van der Waals surface area contributed by atoms with E-state index in [1.807, 2.05) is 0 Å². The summed E-state index contributed by atoms with van der Waals surface area (Å²) >= 11 is 3.50. The number of hydrogen-bond acceptors (Lipinski definition) is 1. The zero-order valence-corrected chi connectivity index (χ0v) is 12.6. The fraction of sp³-hybridized carbons (Fsp3) is 0.500. The standard InChI is InChI=1S/C14H18BrF2NO/c1-3-9(4-2)10(15)8-18-14(19)13-11(16)6-5-7-12(13)17/h5-7,9-10H,3-4,8H2,1-2H3,(H,18,19). The van der Waals surface area contributed by atoms with Gasteiger partial charge in [-0.25, -0.2) is 8.78 Å². The third-order valence-corrected chi connectivity index (χ3v) is 4.28. The zero-order chi connectivity index (χ0) is 14.4. The first-order valence-electron chi connectivity index (χ1n) is 6.37. The molecule has 5 heteroatoms. The second-order valence-electron chi connectivity index (χ2n) is 4.40. The van der Waals surface area contributed by atoms with E-state index in [1.165, 1.54) is 6.07 Å². The molecule has 19 heavy (non-hydrogen) atoms. The number of benzene rings is 1. The highest BCUT2D eigenvalue weighted by atomic mass is 79.9. The van der Waals surface area contributed by atoms with Crippen LogP contribution in [0.2, 0.25) is 0 Å². The third kappa shape index (κ3) is 4.27. The number of hydrogen-bond donors (Lipinski definition) is 1. The number of amides is 1. The largest absolute Gasteiger partial charge is 0.351 e. The summed E-state index contributed by atoms with van der Waals surface area (Å²) in [5, 5.41) is 2.56. The molecule has 0 aliphatic carbocycles. The van der Waals surface area contributed by atoms with Crippen molar-refractivity contribution in [2.45, 2.75) is 31.5 Å². The monoisotopic (exact) mass is 333 g/mol. The Labute approximate surface area is 120 Å². The van der Waals surface area contributed by atoms with E-state index in [0.717, 1.165) is 25.0 Å². The van der Waals surface area contributed by atoms with Gasteiger partial charge in [-0.2, -0.15) is 0 Å². The second-order valence-corrected chi connectivity index (χ2v) is 5.58. The summed E-state index contributed by atoms with van der Waals surface area (Å²) < 4.78 is 26.8. The molecule has 0 saturated heterocycles. The molecule has 0 aromatic heterocycles. The molecular formula is C14H18BrF2NO. The lowest BCUT2D eigenvalue weighted by Crippen LogP contribution is -2.33. The molecule has 2 nitrogen and oxygen atoms in total. The van der Waals surface area contributed by atoms with E-state index in [2.05, 4.69) is 35.1 Å². The molecule has 1 aromatic rings. The Bertz CT molecular complexity index is 415. The Morgan fingerprint density at radius 1 is 1.26 bits per heavy atom. The molecular weight excluding hydrogens is 316 g/mol. The van der Waals surface area contributed by atoms with E-state index in [4.69, 9.17) is 0 Å². The molecule has 0 fully saturated rings. The van der Waals surface area contributed by atoms with E-state index < -0.39 is 23.1 Å². The quantitative estimate of drug-likeness (QED) is 0.786. The number of carbonyl (C=O) groups is 1. The fourth-order valence-corrected chi connectivity index (χ4v) is 2.87. The van der Waals surface area contributed by atoms with Gasteiger partial charge >= 0.3 is 0 Å². The smallest absolute Gasteiger partial charge is 0.257 e. The molecule has 0 saturated carbocycles. The maximum absolute atomic E-state index is 13.4. The molecule has 1 N–H and O–H groups in total. The lowest BCUT2D eigenvalue weighted by atomic mass is 9.99. The van der Waals surface area contributed by atoms with Crippen LogP contribution in [0.1, 0.15) is 37.0 Å². The number of rotatable bonds is 6. The molecule has 1 aromatic carbocycles. The summed E-state index contributed by atoms with van der Waals surface area (Å²) in [7, 11) is 0. The summed E-state index contributed by atoms with van der Waals surface area (Å²) in [6, 6.07) is 3.38. The van der Waals surface area contributed by atoms with Crippen molar-refractivity contribution >= 4 is 21.8 Å². The van der Waals surface area contributed by atoms with Crippen LogP contribution < -0.4 is 5.32 Å². The number of halogens is 3. The highest BCUT2D eigenvalue weighted by Gasteiger charge is 2.20. The van der Waals surface area contributed by atoms with Gasteiger partial charge in [-0.15, -0.1) is 0 Å². The van der Waals surface area contributed by atoms with Crippen LogP contribution >= 0.6 is 15.9 Å². The summed E-state index contributed by atoms with van der Waals surface area (Å²) in [5.41, 5.74) is -0.522. The minimum absolute atomic E-state index is 0.0984. The SMILES string of the molecule is CCC(CC)C(Br)CNC(=O)c1c(F)cccc1F. The Morgan fingerprint density at radius 2 is 1.79 bits per heavy atom.